The van der Waals surface area contributed by atoms with E-state index in [2.05, 4.69) is 5.32 Å². The number of anilines is 1. The summed E-state index contributed by atoms with van der Waals surface area (Å²) in [5.41, 5.74) is -0.359. The van der Waals surface area contributed by atoms with E-state index in [1.165, 1.54) is 0 Å². The number of benzene rings is 2. The Balaban J connectivity index is 2.20. The van der Waals surface area contributed by atoms with Crippen molar-refractivity contribution in [1.82, 2.24) is 0 Å². The van der Waals surface area contributed by atoms with Crippen LogP contribution in [0.2, 0.25) is 0 Å². The molecule has 9 heteroatoms. The Bertz CT molecular complexity index is 836. The summed E-state index contributed by atoms with van der Waals surface area (Å²) in [4.78, 5) is 11.2. The third-order valence-electron chi connectivity index (χ3n) is 2.85. The molecule has 0 aliphatic rings. The van der Waals surface area contributed by atoms with Crippen LogP contribution in [0.3, 0.4) is 0 Å². The Morgan fingerprint density at radius 1 is 1.00 bits per heavy atom. The number of nitrogens with one attached hydrogen (secondary N) is 1. The van der Waals surface area contributed by atoms with Gasteiger partial charge in [-0.25, -0.2) is 17.2 Å². The van der Waals surface area contributed by atoms with Gasteiger partial charge in [0, 0.05) is 11.8 Å². The number of sulfone groups is 1. The van der Waals surface area contributed by atoms with Crippen LogP contribution in [0.4, 0.5) is 23.2 Å². The predicted molar refractivity (Wildman–Crippen MR) is 73.9 cm³/mol. The third kappa shape index (κ3) is 3.67. The summed E-state index contributed by atoms with van der Waals surface area (Å²) in [6, 6.07) is 6.30. The van der Waals surface area contributed by atoms with Crippen molar-refractivity contribution >= 4 is 21.4 Å². The van der Waals surface area contributed by atoms with Crippen molar-refractivity contribution in [2.24, 2.45) is 0 Å². The molecule has 0 saturated carbocycles. The number of alkyl halides is 2. The minimum absolute atomic E-state index is 0.0620. The van der Waals surface area contributed by atoms with Crippen LogP contribution in [-0.2, 0) is 9.84 Å². The van der Waals surface area contributed by atoms with Gasteiger partial charge in [0.2, 0.25) is 9.84 Å². The Kier molecular flexibility index (Phi) is 4.69. The SMILES string of the molecule is O=C(Nc1ccc(S(=O)(=O)C(F)F)cc1)c1ccc(F)cc1F. The summed E-state index contributed by atoms with van der Waals surface area (Å²) in [7, 11) is -4.73. The molecule has 2 aromatic carbocycles. The van der Waals surface area contributed by atoms with Crippen molar-refractivity contribution in [3.63, 3.8) is 0 Å². The summed E-state index contributed by atoms with van der Waals surface area (Å²) in [6.45, 7) is 0. The lowest BCUT2D eigenvalue weighted by molar-refractivity contribution is 0.102. The zero-order valence-corrected chi connectivity index (χ0v) is 12.1. The molecule has 122 valence electrons. The van der Waals surface area contributed by atoms with E-state index in [9.17, 15) is 30.8 Å². The first-order chi connectivity index (χ1) is 10.7. The number of hydrogen-bond donors (Lipinski definition) is 1. The highest BCUT2D eigenvalue weighted by Crippen LogP contribution is 2.21. The van der Waals surface area contributed by atoms with Gasteiger partial charge in [0.15, 0.2) is 0 Å². The Labute approximate surface area is 128 Å². The smallest absolute Gasteiger partial charge is 0.322 e. The highest BCUT2D eigenvalue weighted by molar-refractivity contribution is 7.91. The second-order valence-electron chi connectivity index (χ2n) is 4.41. The zero-order valence-electron chi connectivity index (χ0n) is 11.3. The van der Waals surface area contributed by atoms with E-state index in [0.29, 0.717) is 6.07 Å². The van der Waals surface area contributed by atoms with E-state index in [-0.39, 0.29) is 5.69 Å². The summed E-state index contributed by atoms with van der Waals surface area (Å²) in [5.74, 6) is -6.37. The predicted octanol–water partition coefficient (Wildman–Crippen LogP) is 3.21. The average Bonchev–Trinajstić information content (AvgIpc) is 2.47. The van der Waals surface area contributed by atoms with E-state index in [0.717, 1.165) is 36.4 Å². The highest BCUT2D eigenvalue weighted by Gasteiger charge is 2.26. The molecule has 4 nitrogen and oxygen atoms in total. The van der Waals surface area contributed by atoms with Gasteiger partial charge in [-0.2, -0.15) is 8.78 Å². The van der Waals surface area contributed by atoms with Crippen LogP contribution in [0.5, 0.6) is 0 Å². The van der Waals surface area contributed by atoms with Gasteiger partial charge in [-0.1, -0.05) is 0 Å². The zero-order chi connectivity index (χ0) is 17.2. The van der Waals surface area contributed by atoms with Gasteiger partial charge in [-0.15, -0.1) is 0 Å². The Morgan fingerprint density at radius 3 is 2.13 bits per heavy atom. The van der Waals surface area contributed by atoms with Crippen LogP contribution in [0.1, 0.15) is 10.4 Å². The van der Waals surface area contributed by atoms with E-state index >= 15 is 0 Å². The minimum atomic E-state index is -4.73. The maximum absolute atomic E-state index is 13.4. The maximum Gasteiger partial charge on any atom is 0.341 e. The molecule has 0 heterocycles. The monoisotopic (exact) mass is 347 g/mol. The van der Waals surface area contributed by atoms with Gasteiger partial charge < -0.3 is 5.32 Å². The van der Waals surface area contributed by atoms with Gasteiger partial charge >= 0.3 is 5.76 Å². The first-order valence-corrected chi connectivity index (χ1v) is 7.65. The second-order valence-corrected chi connectivity index (χ2v) is 6.33. The molecule has 0 unspecified atom stereocenters. The summed E-state index contributed by atoms with van der Waals surface area (Å²) in [6.07, 6.45) is 0. The molecular formula is C14H9F4NO3S. The van der Waals surface area contributed by atoms with Crippen molar-refractivity contribution in [3.05, 3.63) is 59.7 Å². The minimum Gasteiger partial charge on any atom is -0.322 e. The lowest BCUT2D eigenvalue weighted by Gasteiger charge is -2.08. The largest absolute Gasteiger partial charge is 0.341 e. The molecular weight excluding hydrogens is 338 g/mol. The van der Waals surface area contributed by atoms with Gasteiger partial charge in [-0.05, 0) is 36.4 Å². The quantitative estimate of drug-likeness (QED) is 0.864. The molecule has 0 fully saturated rings. The van der Waals surface area contributed by atoms with Crippen LogP contribution in [0.25, 0.3) is 0 Å². The van der Waals surface area contributed by atoms with Crippen LogP contribution < -0.4 is 5.32 Å². The molecule has 0 radical (unpaired) electrons. The Morgan fingerprint density at radius 2 is 1.61 bits per heavy atom. The number of amides is 1. The van der Waals surface area contributed by atoms with Crippen LogP contribution in [0, 0.1) is 11.6 Å². The number of rotatable bonds is 4. The first kappa shape index (κ1) is 16.9. The molecule has 0 aliphatic carbocycles. The fourth-order valence-electron chi connectivity index (χ4n) is 1.70. The van der Waals surface area contributed by atoms with E-state index in [1.807, 2.05) is 0 Å². The van der Waals surface area contributed by atoms with Crippen LogP contribution in [-0.4, -0.2) is 20.1 Å². The van der Waals surface area contributed by atoms with Gasteiger partial charge in [0.25, 0.3) is 5.91 Å². The van der Waals surface area contributed by atoms with Crippen molar-refractivity contribution < 1.29 is 30.8 Å². The molecule has 0 spiro atoms. The summed E-state index contributed by atoms with van der Waals surface area (Å²) in [5, 5.41) is 2.24. The number of carbonyl (C=O) groups is 1. The normalized spacial score (nSPS) is 11.5. The lowest BCUT2D eigenvalue weighted by Crippen LogP contribution is -2.14. The number of hydrogen-bond acceptors (Lipinski definition) is 3. The van der Waals surface area contributed by atoms with Crippen molar-refractivity contribution in [2.45, 2.75) is 10.7 Å². The molecule has 1 N–H and O–H groups in total. The fourth-order valence-corrected chi connectivity index (χ4v) is 2.42. The van der Waals surface area contributed by atoms with Crippen molar-refractivity contribution in [2.75, 3.05) is 5.32 Å². The number of halogens is 4. The van der Waals surface area contributed by atoms with E-state index in [1.54, 1.807) is 0 Å². The Hall–Kier alpha value is -2.42. The van der Waals surface area contributed by atoms with Gasteiger partial charge in [-0.3, -0.25) is 4.79 Å². The summed E-state index contributed by atoms with van der Waals surface area (Å²) >= 11 is 0. The lowest BCUT2D eigenvalue weighted by atomic mass is 10.2. The number of carbonyl (C=O) groups excluding carboxylic acids is 1. The second kappa shape index (κ2) is 6.37. The molecule has 1 amide bonds. The molecule has 2 rings (SSSR count). The standard InChI is InChI=1S/C14H9F4NO3S/c15-8-1-6-11(12(16)7-8)13(20)19-9-2-4-10(5-3-9)23(21,22)14(17)18/h1-7,14H,(H,19,20). The topological polar surface area (TPSA) is 63.2 Å². The third-order valence-corrected chi connectivity index (χ3v) is 4.25. The highest BCUT2D eigenvalue weighted by atomic mass is 32.2. The molecule has 0 aromatic heterocycles. The summed E-state index contributed by atoms with van der Waals surface area (Å²) < 4.78 is 73.5. The van der Waals surface area contributed by atoms with Crippen LogP contribution >= 0.6 is 0 Å². The molecule has 0 atom stereocenters. The first-order valence-electron chi connectivity index (χ1n) is 6.10. The van der Waals surface area contributed by atoms with Crippen molar-refractivity contribution in [3.8, 4) is 0 Å². The van der Waals surface area contributed by atoms with Crippen molar-refractivity contribution in [1.29, 1.82) is 0 Å². The molecule has 2 aromatic rings. The molecule has 0 aliphatic heterocycles. The maximum atomic E-state index is 13.4. The molecule has 0 saturated heterocycles. The van der Waals surface area contributed by atoms with E-state index in [4.69, 9.17) is 0 Å². The average molecular weight is 347 g/mol. The van der Waals surface area contributed by atoms with E-state index < -0.39 is 43.6 Å². The van der Waals surface area contributed by atoms with Gasteiger partial charge in [0.05, 0.1) is 10.5 Å². The molecule has 23 heavy (non-hydrogen) atoms. The fraction of sp³-hybridized carbons (Fsp3) is 0.0714. The van der Waals surface area contributed by atoms with Gasteiger partial charge in [0.1, 0.15) is 11.6 Å². The van der Waals surface area contributed by atoms with Crippen LogP contribution in [0.15, 0.2) is 47.4 Å². The molecule has 0 bridgehead atoms.